The van der Waals surface area contributed by atoms with Crippen LogP contribution in [0.4, 0.5) is 10.5 Å². The molecule has 2 aliphatic rings. The summed E-state index contributed by atoms with van der Waals surface area (Å²) in [7, 11) is 1.34. The van der Waals surface area contributed by atoms with Gasteiger partial charge in [-0.25, -0.2) is 9.59 Å². The third-order valence-corrected chi connectivity index (χ3v) is 5.00. The van der Waals surface area contributed by atoms with E-state index in [1.807, 2.05) is 4.90 Å². The number of ether oxygens (including phenoxy) is 2. The molecule has 1 aromatic carbocycles. The predicted octanol–water partition coefficient (Wildman–Crippen LogP) is 2.19. The summed E-state index contributed by atoms with van der Waals surface area (Å²) in [5, 5.41) is 2.93. The molecule has 0 bridgehead atoms. The summed E-state index contributed by atoms with van der Waals surface area (Å²) in [4.78, 5) is 28.8. The van der Waals surface area contributed by atoms with Crippen LogP contribution in [0, 0.1) is 0 Å². The molecule has 0 saturated carbocycles. The van der Waals surface area contributed by atoms with E-state index in [9.17, 15) is 9.59 Å². The average molecular weight is 361 g/mol. The number of nitrogens with one attached hydrogen (secondary N) is 1. The number of esters is 1. The predicted molar refractivity (Wildman–Crippen MR) is 98.4 cm³/mol. The quantitative estimate of drug-likeness (QED) is 0.833. The largest absolute Gasteiger partial charge is 0.465 e. The minimum absolute atomic E-state index is 0.107. The summed E-state index contributed by atoms with van der Waals surface area (Å²) in [5.74, 6) is -0.413. The molecular weight excluding hydrogens is 334 g/mol. The normalized spacial score (nSPS) is 21.3. The maximum absolute atomic E-state index is 12.8. The van der Waals surface area contributed by atoms with Gasteiger partial charge in [0.2, 0.25) is 0 Å². The first kappa shape index (κ1) is 18.7. The van der Waals surface area contributed by atoms with Crippen LogP contribution in [0.3, 0.4) is 0 Å². The molecule has 2 fully saturated rings. The van der Waals surface area contributed by atoms with Gasteiger partial charge >= 0.3 is 12.0 Å². The molecule has 2 aliphatic heterocycles. The van der Waals surface area contributed by atoms with Gasteiger partial charge in [-0.1, -0.05) is 6.07 Å². The summed E-state index contributed by atoms with van der Waals surface area (Å²) in [6.07, 6.45) is 3.19. The Bertz CT molecular complexity index is 631. The lowest BCUT2D eigenvalue weighted by molar-refractivity contribution is 0.0229. The van der Waals surface area contributed by atoms with Gasteiger partial charge in [-0.05, 0) is 37.5 Å². The van der Waals surface area contributed by atoms with Crippen molar-refractivity contribution in [2.45, 2.75) is 25.3 Å². The molecule has 2 amide bonds. The van der Waals surface area contributed by atoms with Crippen molar-refractivity contribution >= 4 is 17.7 Å². The third kappa shape index (κ3) is 4.74. The first-order chi connectivity index (χ1) is 12.7. The molecule has 7 heteroatoms. The van der Waals surface area contributed by atoms with E-state index < -0.39 is 5.97 Å². The molecule has 7 nitrogen and oxygen atoms in total. The zero-order valence-corrected chi connectivity index (χ0v) is 15.3. The van der Waals surface area contributed by atoms with Gasteiger partial charge < -0.3 is 19.7 Å². The number of hydrogen-bond acceptors (Lipinski definition) is 5. The molecule has 1 aromatic rings. The van der Waals surface area contributed by atoms with E-state index >= 15 is 0 Å². The maximum atomic E-state index is 12.8. The number of carbonyl (C=O) groups is 2. The summed E-state index contributed by atoms with van der Waals surface area (Å²) >= 11 is 0. The Morgan fingerprint density at radius 3 is 2.81 bits per heavy atom. The fourth-order valence-electron chi connectivity index (χ4n) is 3.58. The Morgan fingerprint density at radius 2 is 2.04 bits per heavy atom. The third-order valence-electron chi connectivity index (χ3n) is 5.00. The summed E-state index contributed by atoms with van der Waals surface area (Å²) in [5.41, 5.74) is 1.03. The average Bonchev–Trinajstić information content (AvgIpc) is 2.68. The van der Waals surface area contributed by atoms with Gasteiger partial charge in [0.05, 0.1) is 25.9 Å². The second-order valence-electron chi connectivity index (χ2n) is 6.76. The van der Waals surface area contributed by atoms with Gasteiger partial charge in [0.25, 0.3) is 0 Å². The number of nitrogens with zero attached hydrogens (tertiary/aromatic N) is 2. The van der Waals surface area contributed by atoms with Crippen molar-refractivity contribution in [2.75, 3.05) is 51.8 Å². The maximum Gasteiger partial charge on any atom is 0.337 e. The number of rotatable bonds is 4. The van der Waals surface area contributed by atoms with Crippen molar-refractivity contribution < 1.29 is 19.1 Å². The summed E-state index contributed by atoms with van der Waals surface area (Å²) in [6, 6.07) is 6.94. The van der Waals surface area contributed by atoms with E-state index in [-0.39, 0.29) is 12.1 Å². The number of carbonyl (C=O) groups excluding carboxylic acids is 2. The lowest BCUT2D eigenvalue weighted by Gasteiger charge is -2.39. The van der Waals surface area contributed by atoms with Crippen molar-refractivity contribution in [3.05, 3.63) is 29.8 Å². The van der Waals surface area contributed by atoms with Crippen LogP contribution in [0.5, 0.6) is 0 Å². The van der Waals surface area contributed by atoms with Gasteiger partial charge in [-0.2, -0.15) is 0 Å². The zero-order valence-electron chi connectivity index (χ0n) is 15.3. The molecule has 0 aromatic heterocycles. The van der Waals surface area contributed by atoms with Crippen molar-refractivity contribution in [1.29, 1.82) is 0 Å². The molecule has 0 radical (unpaired) electrons. The molecule has 26 heavy (non-hydrogen) atoms. The van der Waals surface area contributed by atoms with E-state index in [2.05, 4.69) is 10.2 Å². The van der Waals surface area contributed by atoms with Crippen LogP contribution in [-0.4, -0.2) is 74.3 Å². The number of urea groups is 1. The fraction of sp³-hybridized carbons (Fsp3) is 0.579. The molecule has 0 unspecified atom stereocenters. The number of anilines is 1. The molecular formula is C19H27N3O4. The van der Waals surface area contributed by atoms with Crippen LogP contribution >= 0.6 is 0 Å². The zero-order chi connectivity index (χ0) is 18.4. The number of hydrogen-bond donors (Lipinski definition) is 1. The van der Waals surface area contributed by atoms with Crippen LogP contribution in [-0.2, 0) is 9.47 Å². The lowest BCUT2D eigenvalue weighted by Crippen LogP contribution is -2.52. The SMILES string of the molecule is COC(=O)c1cccc(NC(=O)N2CCCC[C@H]2CN2CCOCC2)c1. The number of methoxy groups -OCH3 is 1. The molecule has 142 valence electrons. The van der Waals surface area contributed by atoms with E-state index in [1.54, 1.807) is 24.3 Å². The van der Waals surface area contributed by atoms with E-state index in [0.717, 1.165) is 58.7 Å². The second kappa shape index (κ2) is 9.00. The summed E-state index contributed by atoms with van der Waals surface area (Å²) < 4.78 is 10.1. The standard InChI is InChI=1S/C19H27N3O4/c1-25-18(23)15-5-4-6-16(13-15)20-19(24)22-8-3-2-7-17(22)14-21-9-11-26-12-10-21/h4-6,13,17H,2-3,7-12,14H2,1H3,(H,20,24)/t17-/m0/s1. The summed E-state index contributed by atoms with van der Waals surface area (Å²) in [6.45, 7) is 5.02. The van der Waals surface area contributed by atoms with Crippen LogP contribution in [0.1, 0.15) is 29.6 Å². The van der Waals surface area contributed by atoms with E-state index in [4.69, 9.17) is 9.47 Å². The molecule has 2 saturated heterocycles. The highest BCUT2D eigenvalue weighted by molar-refractivity contribution is 5.94. The van der Waals surface area contributed by atoms with Gasteiger partial charge in [-0.3, -0.25) is 4.90 Å². The first-order valence-electron chi connectivity index (χ1n) is 9.23. The number of morpholine rings is 1. The Hall–Kier alpha value is -2.12. The fourth-order valence-corrected chi connectivity index (χ4v) is 3.58. The molecule has 3 rings (SSSR count). The van der Waals surface area contributed by atoms with Gasteiger partial charge in [0.15, 0.2) is 0 Å². The van der Waals surface area contributed by atoms with E-state index in [1.165, 1.54) is 7.11 Å². The first-order valence-corrected chi connectivity index (χ1v) is 9.23. The van der Waals surface area contributed by atoms with E-state index in [0.29, 0.717) is 11.3 Å². The minimum atomic E-state index is -0.413. The van der Waals surface area contributed by atoms with Crippen molar-refractivity contribution in [2.24, 2.45) is 0 Å². The molecule has 1 N–H and O–H groups in total. The second-order valence-corrected chi connectivity index (χ2v) is 6.76. The van der Waals surface area contributed by atoms with Gasteiger partial charge in [0, 0.05) is 37.9 Å². The Balaban J connectivity index is 1.63. The number of piperidine rings is 1. The van der Waals surface area contributed by atoms with Gasteiger partial charge in [-0.15, -0.1) is 0 Å². The van der Waals surface area contributed by atoms with Crippen LogP contribution < -0.4 is 5.32 Å². The minimum Gasteiger partial charge on any atom is -0.465 e. The lowest BCUT2D eigenvalue weighted by atomic mass is 10.0. The molecule has 1 atom stereocenters. The molecule has 0 spiro atoms. The Morgan fingerprint density at radius 1 is 1.23 bits per heavy atom. The number of likely N-dealkylation sites (tertiary alicyclic amines) is 1. The topological polar surface area (TPSA) is 71.1 Å². The number of amides is 2. The highest BCUT2D eigenvalue weighted by Crippen LogP contribution is 2.20. The van der Waals surface area contributed by atoms with Crippen molar-refractivity contribution in [3.8, 4) is 0 Å². The Kier molecular flexibility index (Phi) is 6.46. The number of benzene rings is 1. The smallest absolute Gasteiger partial charge is 0.337 e. The van der Waals surface area contributed by atoms with Crippen LogP contribution in [0.2, 0.25) is 0 Å². The molecule has 0 aliphatic carbocycles. The van der Waals surface area contributed by atoms with Gasteiger partial charge in [0.1, 0.15) is 0 Å². The highest BCUT2D eigenvalue weighted by Gasteiger charge is 2.29. The highest BCUT2D eigenvalue weighted by atomic mass is 16.5. The molecule has 2 heterocycles. The Labute approximate surface area is 154 Å². The van der Waals surface area contributed by atoms with Crippen molar-refractivity contribution in [3.63, 3.8) is 0 Å². The monoisotopic (exact) mass is 361 g/mol. The van der Waals surface area contributed by atoms with Crippen LogP contribution in [0.15, 0.2) is 24.3 Å². The van der Waals surface area contributed by atoms with Crippen LogP contribution in [0.25, 0.3) is 0 Å². The van der Waals surface area contributed by atoms with Crippen molar-refractivity contribution in [1.82, 2.24) is 9.80 Å².